The zero-order valence-corrected chi connectivity index (χ0v) is 9.06. The minimum absolute atomic E-state index is 0.584. The molecule has 0 bridgehead atoms. The zero-order chi connectivity index (χ0) is 10.8. The molecule has 0 aliphatic rings. The maximum atomic E-state index is 4.94. The first-order chi connectivity index (χ1) is 7.16. The summed E-state index contributed by atoms with van der Waals surface area (Å²) in [5.74, 6) is 1.22. The van der Waals surface area contributed by atoms with Crippen LogP contribution < -0.4 is 4.90 Å². The van der Waals surface area contributed by atoms with Gasteiger partial charge in [-0.05, 0) is 12.1 Å². The standard InChI is InChI=1S/C11H13N3O/c1-8-12-11(13-15-8)9-5-4-6-10(7-9)14(2)3/h4-7H,1-3H3. The number of aryl methyl sites for hydroxylation is 1. The van der Waals surface area contributed by atoms with Gasteiger partial charge in [0.15, 0.2) is 0 Å². The van der Waals surface area contributed by atoms with Crippen LogP contribution in [0.15, 0.2) is 28.8 Å². The van der Waals surface area contributed by atoms with E-state index in [9.17, 15) is 0 Å². The van der Waals surface area contributed by atoms with Crippen molar-refractivity contribution in [2.75, 3.05) is 19.0 Å². The highest BCUT2D eigenvalue weighted by Gasteiger charge is 2.06. The Bertz CT molecular complexity index is 462. The van der Waals surface area contributed by atoms with Crippen LogP contribution in [0.2, 0.25) is 0 Å². The van der Waals surface area contributed by atoms with E-state index in [1.165, 1.54) is 0 Å². The SMILES string of the molecule is Cc1nc(-c2cccc(N(C)C)c2)no1. The molecule has 2 aromatic rings. The maximum absolute atomic E-state index is 4.94. The highest BCUT2D eigenvalue weighted by molar-refractivity contribution is 5.62. The normalized spacial score (nSPS) is 10.3. The van der Waals surface area contributed by atoms with E-state index in [0.29, 0.717) is 11.7 Å². The average molecular weight is 203 g/mol. The predicted octanol–water partition coefficient (Wildman–Crippen LogP) is 2.11. The molecule has 0 radical (unpaired) electrons. The first-order valence-electron chi connectivity index (χ1n) is 4.75. The van der Waals surface area contributed by atoms with Gasteiger partial charge in [0.1, 0.15) is 0 Å². The Morgan fingerprint density at radius 1 is 1.27 bits per heavy atom. The number of hydrogen-bond acceptors (Lipinski definition) is 4. The van der Waals surface area contributed by atoms with E-state index in [2.05, 4.69) is 10.1 Å². The Balaban J connectivity index is 2.41. The summed E-state index contributed by atoms with van der Waals surface area (Å²) in [6, 6.07) is 8.02. The number of rotatable bonds is 2. The van der Waals surface area contributed by atoms with Crippen molar-refractivity contribution in [3.63, 3.8) is 0 Å². The molecular weight excluding hydrogens is 190 g/mol. The lowest BCUT2D eigenvalue weighted by atomic mass is 10.2. The second-order valence-electron chi connectivity index (χ2n) is 3.58. The number of benzene rings is 1. The van der Waals surface area contributed by atoms with Crippen LogP contribution in [0.1, 0.15) is 5.89 Å². The predicted molar refractivity (Wildman–Crippen MR) is 58.8 cm³/mol. The molecule has 1 aromatic carbocycles. The molecule has 0 saturated carbocycles. The molecule has 0 amide bonds. The first kappa shape index (κ1) is 9.71. The van der Waals surface area contributed by atoms with Gasteiger partial charge < -0.3 is 9.42 Å². The smallest absolute Gasteiger partial charge is 0.223 e. The third kappa shape index (κ3) is 1.98. The fourth-order valence-corrected chi connectivity index (χ4v) is 1.34. The average Bonchev–Trinajstić information content (AvgIpc) is 2.65. The van der Waals surface area contributed by atoms with E-state index >= 15 is 0 Å². The topological polar surface area (TPSA) is 42.2 Å². The summed E-state index contributed by atoms with van der Waals surface area (Å²) < 4.78 is 4.94. The molecule has 15 heavy (non-hydrogen) atoms. The fraction of sp³-hybridized carbons (Fsp3) is 0.273. The van der Waals surface area contributed by atoms with Crippen molar-refractivity contribution < 1.29 is 4.52 Å². The summed E-state index contributed by atoms with van der Waals surface area (Å²) in [7, 11) is 4.00. The third-order valence-electron chi connectivity index (χ3n) is 2.15. The van der Waals surface area contributed by atoms with Crippen molar-refractivity contribution in [2.45, 2.75) is 6.92 Å². The van der Waals surface area contributed by atoms with Gasteiger partial charge in [0.05, 0.1) is 0 Å². The van der Waals surface area contributed by atoms with Gasteiger partial charge in [-0.1, -0.05) is 17.3 Å². The molecule has 1 heterocycles. The molecule has 0 aliphatic heterocycles. The summed E-state index contributed by atoms with van der Waals surface area (Å²) in [5, 5.41) is 3.88. The molecule has 0 fully saturated rings. The minimum atomic E-state index is 0.584. The number of anilines is 1. The molecule has 0 unspecified atom stereocenters. The van der Waals surface area contributed by atoms with Crippen molar-refractivity contribution in [2.24, 2.45) is 0 Å². The van der Waals surface area contributed by atoms with Crippen molar-refractivity contribution in [1.29, 1.82) is 0 Å². The zero-order valence-electron chi connectivity index (χ0n) is 9.06. The van der Waals surface area contributed by atoms with E-state index in [1.54, 1.807) is 6.92 Å². The van der Waals surface area contributed by atoms with Gasteiger partial charge in [-0.2, -0.15) is 4.98 Å². The van der Waals surface area contributed by atoms with Gasteiger partial charge in [0.2, 0.25) is 11.7 Å². The van der Waals surface area contributed by atoms with E-state index in [4.69, 9.17) is 4.52 Å². The minimum Gasteiger partial charge on any atom is -0.378 e. The molecule has 0 aliphatic carbocycles. The highest BCUT2D eigenvalue weighted by Crippen LogP contribution is 2.21. The number of aromatic nitrogens is 2. The van der Waals surface area contributed by atoms with Gasteiger partial charge in [-0.15, -0.1) is 0 Å². The Morgan fingerprint density at radius 3 is 2.67 bits per heavy atom. The Kier molecular flexibility index (Phi) is 2.41. The molecule has 4 nitrogen and oxygen atoms in total. The fourth-order valence-electron chi connectivity index (χ4n) is 1.34. The van der Waals surface area contributed by atoms with E-state index < -0.39 is 0 Å². The summed E-state index contributed by atoms with van der Waals surface area (Å²) in [6.07, 6.45) is 0. The van der Waals surface area contributed by atoms with Crippen LogP contribution in [-0.4, -0.2) is 24.2 Å². The summed E-state index contributed by atoms with van der Waals surface area (Å²) in [4.78, 5) is 6.22. The van der Waals surface area contributed by atoms with E-state index in [1.807, 2.05) is 43.3 Å². The molecular formula is C11H13N3O. The van der Waals surface area contributed by atoms with Crippen LogP contribution >= 0.6 is 0 Å². The second-order valence-corrected chi connectivity index (χ2v) is 3.58. The van der Waals surface area contributed by atoms with Crippen LogP contribution in [0.4, 0.5) is 5.69 Å². The van der Waals surface area contributed by atoms with Crippen LogP contribution in [0, 0.1) is 6.92 Å². The molecule has 0 saturated heterocycles. The van der Waals surface area contributed by atoms with E-state index in [0.717, 1.165) is 11.3 Å². The lowest BCUT2D eigenvalue weighted by molar-refractivity contribution is 0.394. The van der Waals surface area contributed by atoms with Gasteiger partial charge in [0, 0.05) is 32.3 Å². The van der Waals surface area contributed by atoms with Crippen molar-refractivity contribution in [3.8, 4) is 11.4 Å². The number of hydrogen-bond donors (Lipinski definition) is 0. The summed E-state index contributed by atoms with van der Waals surface area (Å²) >= 11 is 0. The van der Waals surface area contributed by atoms with Gasteiger partial charge in [0.25, 0.3) is 0 Å². The Hall–Kier alpha value is -1.84. The molecule has 4 heteroatoms. The van der Waals surface area contributed by atoms with Crippen molar-refractivity contribution in [1.82, 2.24) is 10.1 Å². The molecule has 2 rings (SSSR count). The Morgan fingerprint density at radius 2 is 2.07 bits per heavy atom. The monoisotopic (exact) mass is 203 g/mol. The third-order valence-corrected chi connectivity index (χ3v) is 2.15. The first-order valence-corrected chi connectivity index (χ1v) is 4.75. The lowest BCUT2D eigenvalue weighted by Gasteiger charge is -2.12. The molecule has 0 atom stereocenters. The molecule has 78 valence electrons. The van der Waals surface area contributed by atoms with Crippen LogP contribution in [0.25, 0.3) is 11.4 Å². The quantitative estimate of drug-likeness (QED) is 0.749. The lowest BCUT2D eigenvalue weighted by Crippen LogP contribution is -2.08. The van der Waals surface area contributed by atoms with Crippen LogP contribution in [0.5, 0.6) is 0 Å². The van der Waals surface area contributed by atoms with E-state index in [-0.39, 0.29) is 0 Å². The van der Waals surface area contributed by atoms with Gasteiger partial charge in [-0.3, -0.25) is 0 Å². The highest BCUT2D eigenvalue weighted by atomic mass is 16.5. The molecule has 0 N–H and O–H groups in total. The van der Waals surface area contributed by atoms with Crippen LogP contribution in [-0.2, 0) is 0 Å². The summed E-state index contributed by atoms with van der Waals surface area (Å²) in [5.41, 5.74) is 2.09. The van der Waals surface area contributed by atoms with Gasteiger partial charge in [-0.25, -0.2) is 0 Å². The molecule has 1 aromatic heterocycles. The maximum Gasteiger partial charge on any atom is 0.223 e. The summed E-state index contributed by atoms with van der Waals surface area (Å²) in [6.45, 7) is 1.78. The number of nitrogens with zero attached hydrogens (tertiary/aromatic N) is 3. The van der Waals surface area contributed by atoms with Gasteiger partial charge >= 0.3 is 0 Å². The van der Waals surface area contributed by atoms with Crippen LogP contribution in [0.3, 0.4) is 0 Å². The van der Waals surface area contributed by atoms with Crippen molar-refractivity contribution in [3.05, 3.63) is 30.2 Å². The Labute approximate surface area is 88.5 Å². The second kappa shape index (κ2) is 3.73. The largest absolute Gasteiger partial charge is 0.378 e. The molecule has 0 spiro atoms. The van der Waals surface area contributed by atoms with Crippen molar-refractivity contribution >= 4 is 5.69 Å².